The van der Waals surface area contributed by atoms with E-state index in [1.54, 1.807) is 0 Å². The van der Waals surface area contributed by atoms with Crippen LogP contribution in [-0.4, -0.2) is 4.98 Å². The number of hydrogen-bond acceptors (Lipinski definition) is 3. The molecule has 2 aromatic rings. The molecule has 3 nitrogen and oxygen atoms in total. The second kappa shape index (κ2) is 5.07. The number of halogens is 2. The number of nitrogen functional groups attached to an aromatic ring is 1. The fraction of sp³-hybridized carbons (Fsp3) is 0.267. The summed E-state index contributed by atoms with van der Waals surface area (Å²) in [7, 11) is 0. The van der Waals surface area contributed by atoms with Gasteiger partial charge in [-0.15, -0.1) is 0 Å². The lowest BCUT2D eigenvalue weighted by Crippen LogP contribution is -2.14. The number of para-hydroxylation sites is 1. The molecule has 0 atom stereocenters. The molecule has 0 aliphatic rings. The molecule has 0 fully saturated rings. The highest BCUT2D eigenvalue weighted by Gasteiger charge is 2.19. The van der Waals surface area contributed by atoms with E-state index in [-0.39, 0.29) is 17.1 Å². The monoisotopic (exact) mass is 277 g/mol. The van der Waals surface area contributed by atoms with Gasteiger partial charge in [-0.2, -0.15) is 0 Å². The molecule has 0 saturated carbocycles. The smallest absolute Gasteiger partial charge is 0.169 e. The first-order valence-electron chi connectivity index (χ1n) is 6.27. The number of benzene rings is 1. The number of pyridine rings is 1. The molecule has 2 rings (SSSR count). The maximum absolute atomic E-state index is 13.7. The lowest BCUT2D eigenvalue weighted by Gasteiger charge is -2.23. The van der Waals surface area contributed by atoms with Gasteiger partial charge in [0.05, 0.1) is 0 Å². The van der Waals surface area contributed by atoms with Crippen LogP contribution in [0.1, 0.15) is 26.3 Å². The third-order valence-corrected chi connectivity index (χ3v) is 2.94. The number of nitrogens with zero attached hydrogens (tertiary/aromatic N) is 1. The van der Waals surface area contributed by atoms with Gasteiger partial charge in [-0.3, -0.25) is 0 Å². The molecule has 1 heterocycles. The molecule has 0 unspecified atom stereocenters. The molecule has 106 valence electrons. The summed E-state index contributed by atoms with van der Waals surface area (Å²) in [5.41, 5.74) is 6.98. The summed E-state index contributed by atoms with van der Waals surface area (Å²) in [6, 6.07) is 8.25. The Morgan fingerprint density at radius 1 is 1.10 bits per heavy atom. The highest BCUT2D eigenvalue weighted by Crippen LogP contribution is 2.31. The van der Waals surface area contributed by atoms with Crippen LogP contribution in [-0.2, 0) is 5.41 Å². The summed E-state index contributed by atoms with van der Waals surface area (Å²) >= 11 is 0. The minimum atomic E-state index is -0.864. The Labute approximate surface area is 116 Å². The fourth-order valence-corrected chi connectivity index (χ4v) is 1.94. The zero-order valence-electron chi connectivity index (χ0n) is 11.7. The molecule has 0 bridgehead atoms. The zero-order valence-corrected chi connectivity index (χ0v) is 11.7. The second-order valence-electron chi connectivity index (χ2n) is 5.61. The Hall–Kier alpha value is -2.17. The molecule has 3 N–H and O–H groups in total. The molecular formula is C15H17F2N3. The summed E-state index contributed by atoms with van der Waals surface area (Å²) in [5, 5.41) is 2.88. The largest absolute Gasteiger partial charge is 0.381 e. The summed E-state index contributed by atoms with van der Waals surface area (Å²) in [6.07, 6.45) is 0. The third kappa shape index (κ3) is 2.87. The maximum atomic E-state index is 13.7. The molecule has 0 spiro atoms. The van der Waals surface area contributed by atoms with E-state index in [4.69, 9.17) is 5.73 Å². The Balaban J connectivity index is 2.43. The van der Waals surface area contributed by atoms with Crippen molar-refractivity contribution in [3.8, 4) is 0 Å². The molecular weight excluding hydrogens is 260 g/mol. The van der Waals surface area contributed by atoms with Crippen LogP contribution in [0.5, 0.6) is 0 Å². The van der Waals surface area contributed by atoms with Gasteiger partial charge in [-0.25, -0.2) is 13.8 Å². The van der Waals surface area contributed by atoms with Crippen molar-refractivity contribution in [2.75, 3.05) is 11.1 Å². The van der Waals surface area contributed by atoms with E-state index in [0.717, 1.165) is 17.3 Å². The van der Waals surface area contributed by atoms with E-state index >= 15 is 0 Å². The summed E-state index contributed by atoms with van der Waals surface area (Å²) in [5.74, 6) is -2.06. The minimum absolute atomic E-state index is 0.0828. The number of hydrogen-bond donors (Lipinski definition) is 2. The summed E-state index contributed by atoms with van der Waals surface area (Å²) < 4.78 is 26.8. The first-order chi connectivity index (χ1) is 9.29. The van der Waals surface area contributed by atoms with Crippen LogP contribution in [0.3, 0.4) is 0 Å². The van der Waals surface area contributed by atoms with Crippen LogP contribution in [0.15, 0.2) is 30.3 Å². The van der Waals surface area contributed by atoms with Gasteiger partial charge in [0.2, 0.25) is 0 Å². The zero-order chi connectivity index (χ0) is 14.9. The van der Waals surface area contributed by atoms with Gasteiger partial charge in [0, 0.05) is 11.8 Å². The molecule has 5 heteroatoms. The molecule has 0 aliphatic heterocycles. The number of aromatic nitrogens is 1. The van der Waals surface area contributed by atoms with Crippen LogP contribution >= 0.6 is 0 Å². The van der Waals surface area contributed by atoms with E-state index in [1.165, 1.54) is 0 Å². The van der Waals surface area contributed by atoms with Crippen molar-refractivity contribution in [3.63, 3.8) is 0 Å². The van der Waals surface area contributed by atoms with E-state index < -0.39 is 11.6 Å². The third-order valence-electron chi connectivity index (χ3n) is 2.94. The predicted molar refractivity (Wildman–Crippen MR) is 77.0 cm³/mol. The highest BCUT2D eigenvalue weighted by atomic mass is 19.1. The average Bonchev–Trinajstić information content (AvgIpc) is 2.35. The van der Waals surface area contributed by atoms with Crippen molar-refractivity contribution in [1.82, 2.24) is 4.98 Å². The van der Waals surface area contributed by atoms with Gasteiger partial charge < -0.3 is 11.1 Å². The Morgan fingerprint density at radius 2 is 1.75 bits per heavy atom. The predicted octanol–water partition coefficient (Wildman–Crippen LogP) is 3.98. The number of anilines is 3. The standard InChI is InChI=1S/C15H17F2N3/c1-15(2,3)9-6-4-5-7-12(9)19-14-11(17)8-10(16)13(18)20-14/h4-8H,1-3H3,(H3,18,19,20). The molecule has 1 aromatic carbocycles. The van der Waals surface area contributed by atoms with Gasteiger partial charge in [-0.05, 0) is 17.0 Å². The average molecular weight is 277 g/mol. The van der Waals surface area contributed by atoms with Crippen molar-refractivity contribution < 1.29 is 8.78 Å². The van der Waals surface area contributed by atoms with Crippen LogP contribution < -0.4 is 11.1 Å². The highest BCUT2D eigenvalue weighted by molar-refractivity contribution is 5.63. The van der Waals surface area contributed by atoms with E-state index in [2.05, 4.69) is 31.1 Å². The van der Waals surface area contributed by atoms with Gasteiger partial charge in [0.15, 0.2) is 23.3 Å². The van der Waals surface area contributed by atoms with E-state index in [9.17, 15) is 8.78 Å². The van der Waals surface area contributed by atoms with Crippen molar-refractivity contribution in [2.45, 2.75) is 26.2 Å². The van der Waals surface area contributed by atoms with Gasteiger partial charge in [0.1, 0.15) is 0 Å². The van der Waals surface area contributed by atoms with E-state index in [1.807, 2.05) is 24.3 Å². The normalized spacial score (nSPS) is 11.4. The maximum Gasteiger partial charge on any atom is 0.169 e. The quantitative estimate of drug-likeness (QED) is 0.872. The van der Waals surface area contributed by atoms with Crippen molar-refractivity contribution in [2.24, 2.45) is 0 Å². The molecule has 0 amide bonds. The number of nitrogens with two attached hydrogens (primary N) is 1. The second-order valence-corrected chi connectivity index (χ2v) is 5.61. The topological polar surface area (TPSA) is 50.9 Å². The molecule has 0 radical (unpaired) electrons. The Kier molecular flexibility index (Phi) is 3.61. The Morgan fingerprint density at radius 3 is 2.40 bits per heavy atom. The Bertz CT molecular complexity index is 634. The van der Waals surface area contributed by atoms with E-state index in [0.29, 0.717) is 0 Å². The van der Waals surface area contributed by atoms with Crippen molar-refractivity contribution >= 4 is 17.3 Å². The van der Waals surface area contributed by atoms with Gasteiger partial charge in [0.25, 0.3) is 0 Å². The molecule has 0 aliphatic carbocycles. The lowest BCUT2D eigenvalue weighted by molar-refractivity contribution is 0.579. The fourth-order valence-electron chi connectivity index (χ4n) is 1.94. The van der Waals surface area contributed by atoms with Gasteiger partial charge in [-0.1, -0.05) is 39.0 Å². The van der Waals surface area contributed by atoms with Crippen molar-refractivity contribution in [3.05, 3.63) is 47.5 Å². The van der Waals surface area contributed by atoms with Crippen LogP contribution in [0, 0.1) is 11.6 Å². The molecule has 20 heavy (non-hydrogen) atoms. The SMILES string of the molecule is CC(C)(C)c1ccccc1Nc1nc(N)c(F)cc1F. The lowest BCUT2D eigenvalue weighted by atomic mass is 9.86. The van der Waals surface area contributed by atoms with Crippen LogP contribution in [0.25, 0.3) is 0 Å². The summed E-state index contributed by atoms with van der Waals surface area (Å²) in [4.78, 5) is 3.71. The van der Waals surface area contributed by atoms with Crippen molar-refractivity contribution in [1.29, 1.82) is 0 Å². The van der Waals surface area contributed by atoms with Gasteiger partial charge >= 0.3 is 0 Å². The minimum Gasteiger partial charge on any atom is -0.381 e. The molecule has 1 aromatic heterocycles. The first kappa shape index (κ1) is 14.2. The number of rotatable bonds is 2. The molecule has 0 saturated heterocycles. The number of nitrogens with one attached hydrogen (secondary N) is 1. The summed E-state index contributed by atoms with van der Waals surface area (Å²) in [6.45, 7) is 6.16. The van der Waals surface area contributed by atoms with Crippen LogP contribution in [0.2, 0.25) is 0 Å². The first-order valence-corrected chi connectivity index (χ1v) is 6.27. The van der Waals surface area contributed by atoms with Crippen LogP contribution in [0.4, 0.5) is 26.1 Å².